The Kier molecular flexibility index (Phi) is 13.8. The molecule has 128 valence electrons. The number of nitrogens with zero attached hydrogens (tertiary/aromatic N) is 1. The lowest BCUT2D eigenvalue weighted by Gasteiger charge is -2.30. The molecule has 0 radical (unpaired) electrons. The van der Waals surface area contributed by atoms with Crippen LogP contribution in [0.2, 0.25) is 0 Å². The van der Waals surface area contributed by atoms with Crippen molar-refractivity contribution < 1.29 is 4.79 Å². The summed E-state index contributed by atoms with van der Waals surface area (Å²) in [6.45, 7) is 10.5. The highest BCUT2D eigenvalue weighted by molar-refractivity contribution is 5.85. The van der Waals surface area contributed by atoms with Gasteiger partial charge in [0.05, 0.1) is 0 Å². The Bertz CT molecular complexity index is 278. The topological polar surface area (TPSA) is 58.4 Å². The van der Waals surface area contributed by atoms with Crippen LogP contribution in [-0.4, -0.2) is 43.0 Å². The monoisotopic (exact) mass is 341 g/mol. The van der Waals surface area contributed by atoms with Crippen molar-refractivity contribution >= 4 is 30.7 Å². The van der Waals surface area contributed by atoms with E-state index in [0.717, 1.165) is 18.9 Å². The maximum atomic E-state index is 11.7. The minimum absolute atomic E-state index is 0. The first-order valence-electron chi connectivity index (χ1n) is 7.76. The lowest BCUT2D eigenvalue weighted by Crippen LogP contribution is -2.39. The van der Waals surface area contributed by atoms with Crippen LogP contribution in [0.5, 0.6) is 0 Å². The van der Waals surface area contributed by atoms with Crippen molar-refractivity contribution in [2.24, 2.45) is 17.6 Å². The number of nitrogens with one attached hydrogen (secondary N) is 1. The largest absolute Gasteiger partial charge is 0.356 e. The molecule has 0 spiro atoms. The SMILES string of the molecule is CC1CCCN(CCCCNC(=O)C(C)C(C)N)C1.Cl.Cl. The Balaban J connectivity index is 0. The number of hydrogen-bond donors (Lipinski definition) is 2. The van der Waals surface area contributed by atoms with Crippen LogP contribution in [-0.2, 0) is 4.79 Å². The molecule has 21 heavy (non-hydrogen) atoms. The van der Waals surface area contributed by atoms with Gasteiger partial charge in [0.1, 0.15) is 0 Å². The summed E-state index contributed by atoms with van der Waals surface area (Å²) in [5.41, 5.74) is 5.71. The van der Waals surface area contributed by atoms with Gasteiger partial charge in [-0.05, 0) is 51.6 Å². The second kappa shape index (κ2) is 12.5. The van der Waals surface area contributed by atoms with E-state index in [1.54, 1.807) is 0 Å². The van der Waals surface area contributed by atoms with Crippen LogP contribution in [0.25, 0.3) is 0 Å². The van der Waals surface area contributed by atoms with Crippen LogP contribution in [0.1, 0.15) is 46.5 Å². The van der Waals surface area contributed by atoms with Crippen LogP contribution in [0.15, 0.2) is 0 Å². The molecule has 0 aromatic rings. The minimum atomic E-state index is -0.0945. The summed E-state index contributed by atoms with van der Waals surface area (Å²) in [4.78, 5) is 14.2. The number of amides is 1. The fourth-order valence-corrected chi connectivity index (χ4v) is 2.56. The first-order valence-corrected chi connectivity index (χ1v) is 7.76. The fourth-order valence-electron chi connectivity index (χ4n) is 2.56. The zero-order valence-electron chi connectivity index (χ0n) is 13.6. The summed E-state index contributed by atoms with van der Waals surface area (Å²) in [5.74, 6) is 0.838. The zero-order valence-corrected chi connectivity index (χ0v) is 15.3. The quantitative estimate of drug-likeness (QED) is 0.699. The van der Waals surface area contributed by atoms with Crippen molar-refractivity contribution in [1.82, 2.24) is 10.2 Å². The van der Waals surface area contributed by atoms with Crippen LogP contribution in [0.4, 0.5) is 0 Å². The van der Waals surface area contributed by atoms with Gasteiger partial charge in [-0.25, -0.2) is 0 Å². The van der Waals surface area contributed by atoms with Gasteiger partial charge in [-0.15, -0.1) is 24.8 Å². The number of carbonyl (C=O) groups excluding carboxylic acids is 1. The van der Waals surface area contributed by atoms with Gasteiger partial charge >= 0.3 is 0 Å². The van der Waals surface area contributed by atoms with Gasteiger partial charge in [0, 0.05) is 25.0 Å². The molecule has 1 saturated heterocycles. The highest BCUT2D eigenvalue weighted by Crippen LogP contribution is 2.15. The van der Waals surface area contributed by atoms with E-state index in [1.165, 1.54) is 38.9 Å². The standard InChI is InChI=1S/C15H31N3O.2ClH/c1-12-7-6-10-18(11-12)9-5-4-8-17-15(19)13(2)14(3)16;;/h12-14H,4-11,16H2,1-3H3,(H,17,19);2*1H. The summed E-state index contributed by atoms with van der Waals surface area (Å²) in [5, 5.41) is 2.97. The van der Waals surface area contributed by atoms with E-state index in [0.29, 0.717) is 0 Å². The summed E-state index contributed by atoms with van der Waals surface area (Å²) in [6, 6.07) is -0.0742. The molecule has 0 bridgehead atoms. The predicted octanol–water partition coefficient (Wildman–Crippen LogP) is 2.44. The van der Waals surface area contributed by atoms with Crippen molar-refractivity contribution in [2.75, 3.05) is 26.2 Å². The van der Waals surface area contributed by atoms with E-state index < -0.39 is 0 Å². The zero-order chi connectivity index (χ0) is 14.3. The molecule has 4 nitrogen and oxygen atoms in total. The van der Waals surface area contributed by atoms with Crippen molar-refractivity contribution in [3.8, 4) is 0 Å². The van der Waals surface area contributed by atoms with Crippen LogP contribution in [0.3, 0.4) is 0 Å². The van der Waals surface area contributed by atoms with Gasteiger partial charge in [-0.1, -0.05) is 13.8 Å². The smallest absolute Gasteiger partial charge is 0.224 e. The molecular formula is C15H33Cl2N3O. The average molecular weight is 342 g/mol. The van der Waals surface area contributed by atoms with Gasteiger partial charge in [0.15, 0.2) is 0 Å². The number of rotatable bonds is 7. The van der Waals surface area contributed by atoms with Crippen molar-refractivity contribution in [3.63, 3.8) is 0 Å². The molecule has 1 aliphatic rings. The number of piperidine rings is 1. The molecule has 1 rings (SSSR count). The van der Waals surface area contributed by atoms with E-state index in [2.05, 4.69) is 17.1 Å². The first-order chi connectivity index (χ1) is 9.00. The normalized spacial score (nSPS) is 21.6. The molecule has 1 fully saturated rings. The van der Waals surface area contributed by atoms with Gasteiger partial charge in [0.2, 0.25) is 5.91 Å². The molecule has 6 heteroatoms. The number of likely N-dealkylation sites (tertiary alicyclic amines) is 1. The highest BCUT2D eigenvalue weighted by atomic mass is 35.5. The van der Waals surface area contributed by atoms with Gasteiger partial charge in [-0.2, -0.15) is 0 Å². The van der Waals surface area contributed by atoms with Gasteiger partial charge < -0.3 is 16.0 Å². The lowest BCUT2D eigenvalue weighted by molar-refractivity contribution is -0.124. The molecule has 0 aromatic carbocycles. The van der Waals surface area contributed by atoms with E-state index >= 15 is 0 Å². The Morgan fingerprint density at radius 2 is 2.00 bits per heavy atom. The third-order valence-corrected chi connectivity index (χ3v) is 4.14. The molecule has 1 aliphatic heterocycles. The average Bonchev–Trinajstić information content (AvgIpc) is 2.37. The van der Waals surface area contributed by atoms with E-state index in [9.17, 15) is 4.79 Å². The molecule has 0 aliphatic carbocycles. The Morgan fingerprint density at radius 3 is 2.57 bits per heavy atom. The van der Waals surface area contributed by atoms with E-state index in [1.807, 2.05) is 13.8 Å². The van der Waals surface area contributed by atoms with E-state index in [4.69, 9.17) is 5.73 Å². The maximum Gasteiger partial charge on any atom is 0.224 e. The highest BCUT2D eigenvalue weighted by Gasteiger charge is 2.17. The first kappa shape index (κ1) is 23.2. The number of halogens is 2. The maximum absolute atomic E-state index is 11.7. The number of hydrogen-bond acceptors (Lipinski definition) is 3. The Hall–Kier alpha value is -0.0300. The Morgan fingerprint density at radius 1 is 1.33 bits per heavy atom. The molecule has 0 aromatic heterocycles. The second-order valence-electron chi connectivity index (χ2n) is 6.19. The third kappa shape index (κ3) is 9.56. The molecule has 1 heterocycles. The molecule has 3 unspecified atom stereocenters. The minimum Gasteiger partial charge on any atom is -0.356 e. The summed E-state index contributed by atoms with van der Waals surface area (Å²) in [6.07, 6.45) is 4.94. The summed E-state index contributed by atoms with van der Waals surface area (Å²) >= 11 is 0. The van der Waals surface area contributed by atoms with Crippen LogP contribution >= 0.6 is 24.8 Å². The predicted molar refractivity (Wildman–Crippen MR) is 94.4 cm³/mol. The van der Waals surface area contributed by atoms with E-state index in [-0.39, 0.29) is 42.7 Å². The van der Waals surface area contributed by atoms with Crippen molar-refractivity contribution in [3.05, 3.63) is 0 Å². The molecular weight excluding hydrogens is 309 g/mol. The lowest BCUT2D eigenvalue weighted by atomic mass is 10.00. The second-order valence-corrected chi connectivity index (χ2v) is 6.19. The Labute approximate surface area is 142 Å². The molecule has 1 amide bonds. The van der Waals surface area contributed by atoms with Crippen molar-refractivity contribution in [1.29, 1.82) is 0 Å². The summed E-state index contributed by atoms with van der Waals surface area (Å²) < 4.78 is 0. The van der Waals surface area contributed by atoms with Crippen LogP contribution < -0.4 is 11.1 Å². The fraction of sp³-hybridized carbons (Fsp3) is 0.933. The number of unbranched alkanes of at least 4 members (excludes halogenated alkanes) is 1. The third-order valence-electron chi connectivity index (χ3n) is 4.14. The van der Waals surface area contributed by atoms with Crippen LogP contribution in [0, 0.1) is 11.8 Å². The van der Waals surface area contributed by atoms with Gasteiger partial charge in [0.25, 0.3) is 0 Å². The molecule has 3 atom stereocenters. The summed E-state index contributed by atoms with van der Waals surface area (Å²) in [7, 11) is 0. The van der Waals surface area contributed by atoms with Gasteiger partial charge in [-0.3, -0.25) is 4.79 Å². The molecule has 0 saturated carbocycles. The number of nitrogens with two attached hydrogens (primary N) is 1. The number of carbonyl (C=O) groups is 1. The molecule has 3 N–H and O–H groups in total. The van der Waals surface area contributed by atoms with Crippen molar-refractivity contribution in [2.45, 2.75) is 52.5 Å².